The van der Waals surface area contributed by atoms with E-state index in [2.05, 4.69) is 66.7 Å². The van der Waals surface area contributed by atoms with Crippen LogP contribution >= 0.6 is 0 Å². The molecule has 2 saturated heterocycles. The summed E-state index contributed by atoms with van der Waals surface area (Å²) in [5.41, 5.74) is 1.33. The van der Waals surface area contributed by atoms with Crippen LogP contribution < -0.4 is 9.64 Å². The Morgan fingerprint density at radius 3 is 2.07 bits per heavy atom. The van der Waals surface area contributed by atoms with Crippen LogP contribution in [0.25, 0.3) is 0 Å². The lowest BCUT2D eigenvalue weighted by Crippen LogP contribution is -2.47. The van der Waals surface area contributed by atoms with E-state index in [9.17, 15) is 0 Å². The normalized spacial score (nSPS) is 20.6. The molecule has 2 fully saturated rings. The summed E-state index contributed by atoms with van der Waals surface area (Å²) in [6.07, 6.45) is 4.40. The lowest BCUT2D eigenvalue weighted by molar-refractivity contribution is 0.135. The standard InChI is InChI=1S/C23H39N3O/c1-19(2)25-13-10-21(11-14-25)9-12-24-15-17-26(18-16-24)22-5-7-23(8-6-22)27-20(3)4/h5-8,19-21H,9-18H2,1-4H3. The van der Waals surface area contributed by atoms with Crippen LogP contribution in [-0.4, -0.2) is 67.8 Å². The summed E-state index contributed by atoms with van der Waals surface area (Å²) < 4.78 is 5.75. The molecule has 1 aromatic carbocycles. The maximum atomic E-state index is 5.75. The van der Waals surface area contributed by atoms with Gasteiger partial charge in [0.1, 0.15) is 5.75 Å². The fourth-order valence-electron chi connectivity index (χ4n) is 4.36. The van der Waals surface area contributed by atoms with Crippen molar-refractivity contribution in [2.45, 2.75) is 59.1 Å². The Morgan fingerprint density at radius 1 is 0.889 bits per heavy atom. The second-order valence-electron chi connectivity index (χ2n) is 8.85. The number of piperidine rings is 1. The van der Waals surface area contributed by atoms with Crippen LogP contribution in [-0.2, 0) is 0 Å². The molecule has 152 valence electrons. The lowest BCUT2D eigenvalue weighted by Gasteiger charge is -2.38. The van der Waals surface area contributed by atoms with E-state index in [-0.39, 0.29) is 6.10 Å². The van der Waals surface area contributed by atoms with Crippen LogP contribution in [0.4, 0.5) is 5.69 Å². The van der Waals surface area contributed by atoms with Gasteiger partial charge in [-0.25, -0.2) is 0 Å². The molecule has 0 bridgehead atoms. The Kier molecular flexibility index (Phi) is 7.42. The van der Waals surface area contributed by atoms with Crippen LogP contribution in [0.3, 0.4) is 0 Å². The fourth-order valence-corrected chi connectivity index (χ4v) is 4.36. The number of hydrogen-bond acceptors (Lipinski definition) is 4. The zero-order valence-electron chi connectivity index (χ0n) is 17.9. The molecule has 0 aliphatic carbocycles. The zero-order chi connectivity index (χ0) is 19.2. The first-order valence-electron chi connectivity index (χ1n) is 11.0. The number of rotatable bonds is 7. The van der Waals surface area contributed by atoms with Gasteiger partial charge in [-0.05, 0) is 96.8 Å². The summed E-state index contributed by atoms with van der Waals surface area (Å²) in [4.78, 5) is 7.81. The number of piperazine rings is 1. The summed E-state index contributed by atoms with van der Waals surface area (Å²) in [5, 5.41) is 0. The van der Waals surface area contributed by atoms with Gasteiger partial charge in [-0.15, -0.1) is 0 Å². The van der Waals surface area contributed by atoms with E-state index in [0.717, 1.165) is 24.8 Å². The van der Waals surface area contributed by atoms with Gasteiger partial charge in [0.2, 0.25) is 0 Å². The van der Waals surface area contributed by atoms with E-state index >= 15 is 0 Å². The first-order chi connectivity index (χ1) is 13.0. The lowest BCUT2D eigenvalue weighted by atomic mass is 9.92. The first kappa shape index (κ1) is 20.5. The Morgan fingerprint density at radius 2 is 1.52 bits per heavy atom. The van der Waals surface area contributed by atoms with Gasteiger partial charge in [0.05, 0.1) is 6.10 Å². The van der Waals surface area contributed by atoms with Gasteiger partial charge in [0.25, 0.3) is 0 Å². The van der Waals surface area contributed by atoms with Crippen LogP contribution in [0.2, 0.25) is 0 Å². The van der Waals surface area contributed by atoms with Gasteiger partial charge < -0.3 is 14.5 Å². The van der Waals surface area contributed by atoms with Gasteiger partial charge in [0, 0.05) is 37.9 Å². The van der Waals surface area contributed by atoms with E-state index < -0.39 is 0 Å². The van der Waals surface area contributed by atoms with Gasteiger partial charge in [-0.1, -0.05) is 0 Å². The highest BCUT2D eigenvalue weighted by atomic mass is 16.5. The maximum absolute atomic E-state index is 5.75. The molecule has 2 aliphatic heterocycles. The Bertz CT molecular complexity index is 541. The zero-order valence-corrected chi connectivity index (χ0v) is 17.9. The molecular formula is C23H39N3O. The highest BCUT2D eigenvalue weighted by Crippen LogP contribution is 2.24. The average Bonchev–Trinajstić information content (AvgIpc) is 2.67. The number of ether oxygens (including phenoxy) is 1. The van der Waals surface area contributed by atoms with Crippen LogP contribution in [0, 0.1) is 5.92 Å². The highest BCUT2D eigenvalue weighted by molar-refractivity contribution is 5.49. The van der Waals surface area contributed by atoms with E-state index in [1.54, 1.807) is 0 Å². The first-order valence-corrected chi connectivity index (χ1v) is 11.0. The Balaban J connectivity index is 1.37. The second kappa shape index (κ2) is 9.79. The molecule has 0 unspecified atom stereocenters. The number of nitrogens with zero attached hydrogens (tertiary/aromatic N) is 3. The molecule has 3 rings (SSSR count). The topological polar surface area (TPSA) is 19.0 Å². The predicted octanol–water partition coefficient (Wildman–Crippen LogP) is 4.11. The van der Waals surface area contributed by atoms with Crippen molar-refractivity contribution in [3.63, 3.8) is 0 Å². The molecule has 2 aliphatic rings. The molecule has 0 N–H and O–H groups in total. The summed E-state index contributed by atoms with van der Waals surface area (Å²) in [6, 6.07) is 9.33. The Labute approximate surface area is 166 Å². The molecule has 0 atom stereocenters. The number of likely N-dealkylation sites (tertiary alicyclic amines) is 1. The number of hydrogen-bond donors (Lipinski definition) is 0. The third-order valence-corrected chi connectivity index (χ3v) is 6.18. The van der Waals surface area contributed by atoms with Crippen molar-refractivity contribution < 1.29 is 4.74 Å². The van der Waals surface area contributed by atoms with Crippen molar-refractivity contribution in [2.75, 3.05) is 50.7 Å². The molecule has 0 saturated carbocycles. The molecule has 0 spiro atoms. The van der Waals surface area contributed by atoms with Gasteiger partial charge in [0.15, 0.2) is 0 Å². The van der Waals surface area contributed by atoms with Crippen molar-refractivity contribution in [3.05, 3.63) is 24.3 Å². The summed E-state index contributed by atoms with van der Waals surface area (Å²) in [7, 11) is 0. The molecule has 4 heteroatoms. The highest BCUT2D eigenvalue weighted by Gasteiger charge is 2.22. The minimum absolute atomic E-state index is 0.233. The Hall–Kier alpha value is -1.26. The second-order valence-corrected chi connectivity index (χ2v) is 8.85. The molecular weight excluding hydrogens is 334 g/mol. The number of benzene rings is 1. The van der Waals surface area contributed by atoms with Crippen molar-refractivity contribution >= 4 is 5.69 Å². The SMILES string of the molecule is CC(C)Oc1ccc(N2CCN(CCC3CCN(C(C)C)CC3)CC2)cc1. The van der Waals surface area contributed by atoms with Crippen LogP contribution in [0.1, 0.15) is 47.0 Å². The van der Waals surface area contributed by atoms with Gasteiger partial charge >= 0.3 is 0 Å². The minimum Gasteiger partial charge on any atom is -0.491 e. The molecule has 27 heavy (non-hydrogen) atoms. The van der Waals surface area contributed by atoms with Crippen LogP contribution in [0.5, 0.6) is 5.75 Å². The molecule has 2 heterocycles. The molecule has 0 radical (unpaired) electrons. The largest absolute Gasteiger partial charge is 0.491 e. The van der Waals surface area contributed by atoms with E-state index in [4.69, 9.17) is 4.74 Å². The smallest absolute Gasteiger partial charge is 0.119 e. The van der Waals surface area contributed by atoms with Crippen molar-refractivity contribution in [1.29, 1.82) is 0 Å². The molecule has 1 aromatic rings. The fraction of sp³-hybridized carbons (Fsp3) is 0.739. The predicted molar refractivity (Wildman–Crippen MR) is 115 cm³/mol. The van der Waals surface area contributed by atoms with Crippen molar-refractivity contribution in [3.8, 4) is 5.75 Å². The monoisotopic (exact) mass is 373 g/mol. The van der Waals surface area contributed by atoms with Crippen molar-refractivity contribution in [2.24, 2.45) is 5.92 Å². The quantitative estimate of drug-likeness (QED) is 0.716. The minimum atomic E-state index is 0.233. The molecule has 0 amide bonds. The summed E-state index contributed by atoms with van der Waals surface area (Å²) >= 11 is 0. The maximum Gasteiger partial charge on any atom is 0.119 e. The summed E-state index contributed by atoms with van der Waals surface area (Å²) in [5.74, 6) is 1.91. The van der Waals surface area contributed by atoms with E-state index in [1.807, 2.05) is 0 Å². The third kappa shape index (κ3) is 6.11. The average molecular weight is 374 g/mol. The van der Waals surface area contributed by atoms with E-state index in [0.29, 0.717) is 6.04 Å². The number of anilines is 1. The van der Waals surface area contributed by atoms with Crippen LogP contribution in [0.15, 0.2) is 24.3 Å². The summed E-state index contributed by atoms with van der Waals surface area (Å²) in [6.45, 7) is 17.3. The van der Waals surface area contributed by atoms with Gasteiger partial charge in [-0.2, -0.15) is 0 Å². The molecule has 4 nitrogen and oxygen atoms in total. The molecule has 0 aromatic heterocycles. The van der Waals surface area contributed by atoms with E-state index in [1.165, 1.54) is 57.7 Å². The van der Waals surface area contributed by atoms with Crippen molar-refractivity contribution in [1.82, 2.24) is 9.80 Å². The van der Waals surface area contributed by atoms with Gasteiger partial charge in [-0.3, -0.25) is 4.90 Å². The third-order valence-electron chi connectivity index (χ3n) is 6.18.